The van der Waals surface area contributed by atoms with Crippen molar-refractivity contribution < 1.29 is 14.6 Å². The van der Waals surface area contributed by atoms with Gasteiger partial charge in [-0.3, -0.25) is 9.97 Å². The Morgan fingerprint density at radius 2 is 1.04 bits per heavy atom. The third-order valence-corrected chi connectivity index (χ3v) is 10.1. The number of aromatic nitrogens is 2. The lowest BCUT2D eigenvalue weighted by Gasteiger charge is -2.39. The van der Waals surface area contributed by atoms with E-state index in [-0.39, 0.29) is 16.4 Å². The van der Waals surface area contributed by atoms with E-state index in [9.17, 15) is 9.90 Å². The third kappa shape index (κ3) is 6.33. The molecule has 0 aliphatic carbocycles. The van der Waals surface area contributed by atoms with Crippen molar-refractivity contribution in [3.05, 3.63) is 143 Å². The Morgan fingerprint density at radius 3 is 1.45 bits per heavy atom. The van der Waals surface area contributed by atoms with Gasteiger partial charge >= 0.3 is 5.97 Å². The molecule has 4 aromatic carbocycles. The predicted molar refractivity (Wildman–Crippen MR) is 207 cm³/mol. The number of rotatable bonds is 5. The zero-order valence-corrected chi connectivity index (χ0v) is 30.6. The van der Waals surface area contributed by atoms with Gasteiger partial charge in [-0.2, -0.15) is 0 Å². The van der Waals surface area contributed by atoms with Crippen molar-refractivity contribution in [2.75, 3.05) is 0 Å². The minimum Gasteiger partial charge on any atom is -0.478 e. The Hall–Kier alpha value is -5.55. The normalized spacial score (nSPS) is 13.6. The highest BCUT2D eigenvalue weighted by atomic mass is 16.5. The van der Waals surface area contributed by atoms with E-state index in [0.29, 0.717) is 0 Å². The van der Waals surface area contributed by atoms with E-state index < -0.39 is 11.4 Å². The number of carboxylic acid groups (broad SMARTS) is 1. The van der Waals surface area contributed by atoms with E-state index in [1.165, 1.54) is 11.1 Å². The second kappa shape index (κ2) is 12.3. The zero-order chi connectivity index (χ0) is 36.3. The second-order valence-corrected chi connectivity index (χ2v) is 16.1. The summed E-state index contributed by atoms with van der Waals surface area (Å²) in [6.45, 7) is 18.0. The summed E-state index contributed by atoms with van der Waals surface area (Å²) in [5, 5.41) is 9.64. The number of nitrogens with zero attached hydrogens (tertiary/aromatic N) is 2. The molecule has 256 valence electrons. The largest absolute Gasteiger partial charge is 0.478 e. The molecule has 1 N–H and O–H groups in total. The first-order chi connectivity index (χ1) is 24.1. The Bertz CT molecular complexity index is 2220. The lowest BCUT2D eigenvalue weighted by molar-refractivity contribution is 0.0697. The topological polar surface area (TPSA) is 72.3 Å². The van der Waals surface area contributed by atoms with Crippen LogP contribution in [0.5, 0.6) is 11.5 Å². The number of carboxylic acids is 1. The molecule has 2 aromatic heterocycles. The van der Waals surface area contributed by atoms with Crippen molar-refractivity contribution in [1.29, 1.82) is 0 Å². The van der Waals surface area contributed by atoms with Crippen LogP contribution in [0.1, 0.15) is 88.0 Å². The van der Waals surface area contributed by atoms with Crippen molar-refractivity contribution in [1.82, 2.24) is 9.97 Å². The van der Waals surface area contributed by atoms with Crippen LogP contribution in [-0.4, -0.2) is 21.0 Å². The van der Waals surface area contributed by atoms with Crippen molar-refractivity contribution in [2.24, 2.45) is 0 Å². The maximum atomic E-state index is 11.8. The molecule has 3 heterocycles. The Labute approximate surface area is 301 Å². The summed E-state index contributed by atoms with van der Waals surface area (Å²) < 4.78 is 7.24. The second-order valence-electron chi connectivity index (χ2n) is 16.1. The first kappa shape index (κ1) is 33.9. The monoisotopic (exact) mass is 672 g/mol. The molecule has 7 rings (SSSR count). The Kier molecular flexibility index (Phi) is 8.21. The fourth-order valence-electron chi connectivity index (χ4n) is 6.89. The van der Waals surface area contributed by atoms with Gasteiger partial charge < -0.3 is 9.84 Å². The summed E-state index contributed by atoms with van der Waals surface area (Å²) in [5.41, 5.74) is 11.8. The molecule has 0 atom stereocenters. The Balaban J connectivity index is 1.52. The van der Waals surface area contributed by atoms with Crippen LogP contribution in [0.4, 0.5) is 0 Å². The average molecular weight is 673 g/mol. The van der Waals surface area contributed by atoms with Gasteiger partial charge in [-0.25, -0.2) is 4.79 Å². The van der Waals surface area contributed by atoms with Crippen LogP contribution in [0.3, 0.4) is 0 Å². The average Bonchev–Trinajstić information content (AvgIpc) is 3.11. The van der Waals surface area contributed by atoms with Gasteiger partial charge in [-0.15, -0.1) is 0 Å². The van der Waals surface area contributed by atoms with Gasteiger partial charge in [0.05, 0.1) is 17.0 Å². The van der Waals surface area contributed by atoms with Crippen LogP contribution >= 0.6 is 0 Å². The minimum atomic E-state index is -0.948. The van der Waals surface area contributed by atoms with E-state index in [1.807, 2.05) is 60.9 Å². The molecule has 51 heavy (non-hydrogen) atoms. The molecule has 0 amide bonds. The maximum absolute atomic E-state index is 11.8. The molecule has 5 heteroatoms. The molecule has 0 saturated heterocycles. The Morgan fingerprint density at radius 1 is 0.588 bits per heavy atom. The fourth-order valence-corrected chi connectivity index (χ4v) is 6.89. The standard InChI is InChI=1S/C46H44N2O3/c1-44(2,3)33-24-35(28-15-17-29(18-16-28)43(49)50)41-37(26-33)46(7,8)38-27-34(45(4,5)6)25-36(42(38)51-41)30-21-31(39-13-9-11-19-47-39)23-32(22-30)40-14-10-12-20-48-40/h9-27H,1-8H3,(H,49,50). The molecular weight excluding hydrogens is 629 g/mol. The number of benzene rings is 4. The summed E-state index contributed by atoms with van der Waals surface area (Å²) in [5.74, 6) is 0.660. The zero-order valence-electron chi connectivity index (χ0n) is 30.6. The predicted octanol–water partition coefficient (Wildman–Crippen LogP) is 11.9. The minimum absolute atomic E-state index is 0.132. The molecule has 6 aromatic rings. The molecule has 0 fully saturated rings. The molecule has 0 unspecified atom stereocenters. The lowest BCUT2D eigenvalue weighted by Crippen LogP contribution is -2.27. The number of aromatic carboxylic acids is 1. The van der Waals surface area contributed by atoms with E-state index in [0.717, 1.165) is 67.4 Å². The SMILES string of the molecule is CC(C)(C)c1cc(-c2ccc(C(=O)O)cc2)c2c(c1)C(C)(C)c1cc(C(C)(C)C)cc(-c3cc(-c4ccccn4)cc(-c4ccccn4)c3)c1O2. The third-order valence-electron chi connectivity index (χ3n) is 10.1. The fraction of sp³-hybridized carbons (Fsp3) is 0.239. The molecule has 0 radical (unpaired) electrons. The quantitative estimate of drug-likeness (QED) is 0.197. The number of carbonyl (C=O) groups is 1. The number of ether oxygens (including phenoxy) is 1. The van der Waals surface area contributed by atoms with Gasteiger partial charge in [0.15, 0.2) is 0 Å². The lowest BCUT2D eigenvalue weighted by atomic mass is 9.70. The molecule has 1 aliphatic heterocycles. The molecule has 1 aliphatic rings. The van der Waals surface area contributed by atoms with Crippen molar-refractivity contribution >= 4 is 5.97 Å². The van der Waals surface area contributed by atoms with E-state index in [4.69, 9.17) is 14.7 Å². The molecule has 5 nitrogen and oxygen atoms in total. The van der Waals surface area contributed by atoms with Crippen molar-refractivity contribution in [3.8, 4) is 56.3 Å². The van der Waals surface area contributed by atoms with Gasteiger partial charge in [0, 0.05) is 51.2 Å². The maximum Gasteiger partial charge on any atom is 0.335 e. The van der Waals surface area contributed by atoms with Gasteiger partial charge in [0.25, 0.3) is 0 Å². The van der Waals surface area contributed by atoms with E-state index in [2.05, 4.69) is 97.9 Å². The van der Waals surface area contributed by atoms with E-state index in [1.54, 1.807) is 12.1 Å². The number of pyridine rings is 2. The molecule has 0 bridgehead atoms. The first-order valence-corrected chi connectivity index (χ1v) is 17.5. The van der Waals surface area contributed by atoms with Crippen molar-refractivity contribution in [2.45, 2.75) is 71.6 Å². The smallest absolute Gasteiger partial charge is 0.335 e. The number of hydrogen-bond acceptors (Lipinski definition) is 4. The molecular formula is C46H44N2O3. The van der Waals surface area contributed by atoms with Crippen LogP contribution in [0.2, 0.25) is 0 Å². The van der Waals surface area contributed by atoms with Gasteiger partial charge in [-0.05, 0) is 99.8 Å². The molecule has 0 spiro atoms. The number of fused-ring (bicyclic) bond motifs is 2. The highest BCUT2D eigenvalue weighted by Crippen LogP contribution is 2.56. The molecule has 0 saturated carbocycles. The van der Waals surface area contributed by atoms with Crippen LogP contribution in [0, 0.1) is 0 Å². The summed E-state index contributed by atoms with van der Waals surface area (Å²) in [4.78, 5) is 21.2. The van der Waals surface area contributed by atoms with E-state index >= 15 is 0 Å². The van der Waals surface area contributed by atoms with Crippen LogP contribution in [-0.2, 0) is 16.2 Å². The van der Waals surface area contributed by atoms with Crippen LogP contribution < -0.4 is 4.74 Å². The van der Waals surface area contributed by atoms with Crippen molar-refractivity contribution in [3.63, 3.8) is 0 Å². The summed E-state index contributed by atoms with van der Waals surface area (Å²) in [6, 6.07) is 34.7. The highest BCUT2D eigenvalue weighted by Gasteiger charge is 2.39. The van der Waals surface area contributed by atoms with Gasteiger partial charge in [0.1, 0.15) is 11.5 Å². The van der Waals surface area contributed by atoms with Gasteiger partial charge in [-0.1, -0.05) is 91.8 Å². The summed E-state index contributed by atoms with van der Waals surface area (Å²) in [6.07, 6.45) is 3.65. The number of hydrogen-bond donors (Lipinski definition) is 1. The van der Waals surface area contributed by atoms with Gasteiger partial charge in [0.2, 0.25) is 0 Å². The first-order valence-electron chi connectivity index (χ1n) is 17.5. The summed E-state index contributed by atoms with van der Waals surface area (Å²) in [7, 11) is 0. The highest BCUT2D eigenvalue weighted by molar-refractivity contribution is 5.89. The van der Waals surface area contributed by atoms with Crippen LogP contribution in [0.15, 0.2) is 116 Å². The summed E-state index contributed by atoms with van der Waals surface area (Å²) >= 11 is 0. The van der Waals surface area contributed by atoms with Crippen LogP contribution in [0.25, 0.3) is 44.8 Å².